The van der Waals surface area contributed by atoms with Gasteiger partial charge in [-0.2, -0.15) is 4.98 Å². The van der Waals surface area contributed by atoms with E-state index >= 15 is 0 Å². The van der Waals surface area contributed by atoms with E-state index in [0.717, 1.165) is 82.9 Å². The molecular weight excluding hydrogens is 414 g/mol. The van der Waals surface area contributed by atoms with Crippen molar-refractivity contribution in [1.82, 2.24) is 19.8 Å². The highest BCUT2D eigenvalue weighted by atomic mass is 16.2. The van der Waals surface area contributed by atoms with Crippen LogP contribution in [0.15, 0.2) is 36.4 Å². The van der Waals surface area contributed by atoms with Crippen molar-refractivity contribution in [3.63, 3.8) is 0 Å². The third-order valence-corrected chi connectivity index (χ3v) is 7.03. The number of anilines is 3. The Bertz CT molecular complexity index is 931. The van der Waals surface area contributed by atoms with Gasteiger partial charge in [-0.25, -0.2) is 4.98 Å². The van der Waals surface area contributed by atoms with E-state index in [4.69, 9.17) is 9.97 Å². The Hall–Kier alpha value is -2.87. The average Bonchev–Trinajstić information content (AvgIpc) is 3.40. The first kappa shape index (κ1) is 21.9. The number of hydrogen-bond acceptors (Lipinski definition) is 7. The number of aromatic nitrogens is 2. The first-order valence-corrected chi connectivity index (χ1v) is 12.3. The standard InChI is InChI=1S/C25H35N7O/c1-21-19-23(30-9-5-6-10-30)27-25(26-21)32-13-11-28(12-14-32)20-24(33)31-17-15-29(16-18-31)22-7-3-2-4-8-22/h2-4,7-8,19H,5-6,9-18,20H2,1H3. The zero-order valence-corrected chi connectivity index (χ0v) is 19.7. The fraction of sp³-hybridized carbons (Fsp3) is 0.560. The fourth-order valence-corrected chi connectivity index (χ4v) is 5.04. The number of aryl methyl sites for hydroxylation is 1. The second kappa shape index (κ2) is 9.95. The molecule has 33 heavy (non-hydrogen) atoms. The van der Waals surface area contributed by atoms with E-state index in [1.54, 1.807) is 0 Å². The molecule has 0 saturated carbocycles. The second-order valence-corrected chi connectivity index (χ2v) is 9.33. The van der Waals surface area contributed by atoms with Gasteiger partial charge in [0.15, 0.2) is 0 Å². The lowest BCUT2D eigenvalue weighted by molar-refractivity contribution is -0.132. The molecule has 3 aliphatic rings. The SMILES string of the molecule is Cc1cc(N2CCCC2)nc(N2CCN(CC(=O)N3CCN(c4ccccc4)CC3)CC2)n1. The van der Waals surface area contributed by atoms with Crippen molar-refractivity contribution < 1.29 is 4.79 Å². The predicted octanol–water partition coefficient (Wildman–Crippen LogP) is 1.86. The van der Waals surface area contributed by atoms with Gasteiger partial charge in [-0.15, -0.1) is 0 Å². The normalized spacial score (nSPS) is 19.9. The summed E-state index contributed by atoms with van der Waals surface area (Å²) in [6.07, 6.45) is 2.48. The molecule has 2 aromatic rings. The van der Waals surface area contributed by atoms with Crippen LogP contribution in [0.1, 0.15) is 18.5 Å². The maximum Gasteiger partial charge on any atom is 0.236 e. The predicted molar refractivity (Wildman–Crippen MR) is 132 cm³/mol. The molecule has 1 aromatic carbocycles. The molecule has 0 N–H and O–H groups in total. The van der Waals surface area contributed by atoms with E-state index in [2.05, 4.69) is 56.9 Å². The van der Waals surface area contributed by atoms with Crippen LogP contribution in [-0.4, -0.2) is 97.7 Å². The first-order chi connectivity index (χ1) is 16.2. The van der Waals surface area contributed by atoms with Crippen molar-refractivity contribution in [3.8, 4) is 0 Å². The molecule has 0 bridgehead atoms. The molecule has 5 rings (SSSR count). The van der Waals surface area contributed by atoms with Crippen LogP contribution in [0.25, 0.3) is 0 Å². The number of piperazine rings is 2. The zero-order valence-electron chi connectivity index (χ0n) is 19.7. The van der Waals surface area contributed by atoms with Gasteiger partial charge in [0.1, 0.15) is 5.82 Å². The molecule has 0 spiro atoms. The highest BCUT2D eigenvalue weighted by molar-refractivity contribution is 5.78. The summed E-state index contributed by atoms with van der Waals surface area (Å²) in [4.78, 5) is 33.8. The summed E-state index contributed by atoms with van der Waals surface area (Å²) in [5.41, 5.74) is 2.26. The molecule has 3 saturated heterocycles. The number of carbonyl (C=O) groups is 1. The van der Waals surface area contributed by atoms with Crippen LogP contribution >= 0.6 is 0 Å². The Balaban J connectivity index is 1.10. The van der Waals surface area contributed by atoms with E-state index in [-0.39, 0.29) is 5.91 Å². The summed E-state index contributed by atoms with van der Waals surface area (Å²) in [6.45, 7) is 11.6. The van der Waals surface area contributed by atoms with Crippen molar-refractivity contribution >= 4 is 23.4 Å². The fourth-order valence-electron chi connectivity index (χ4n) is 5.04. The number of carbonyl (C=O) groups excluding carboxylic acids is 1. The summed E-state index contributed by atoms with van der Waals surface area (Å²) in [6, 6.07) is 12.6. The number of hydrogen-bond donors (Lipinski definition) is 0. The third kappa shape index (κ3) is 5.21. The minimum absolute atomic E-state index is 0.249. The Morgan fingerprint density at radius 2 is 1.45 bits per heavy atom. The quantitative estimate of drug-likeness (QED) is 0.691. The van der Waals surface area contributed by atoms with Gasteiger partial charge in [0.25, 0.3) is 0 Å². The van der Waals surface area contributed by atoms with Gasteiger partial charge in [0, 0.05) is 82.9 Å². The summed E-state index contributed by atoms with van der Waals surface area (Å²) in [5, 5.41) is 0. The topological polar surface area (TPSA) is 59.1 Å². The van der Waals surface area contributed by atoms with Gasteiger partial charge in [-0.1, -0.05) is 18.2 Å². The molecule has 0 unspecified atom stereocenters. The van der Waals surface area contributed by atoms with Crippen molar-refractivity contribution in [2.45, 2.75) is 19.8 Å². The lowest BCUT2D eigenvalue weighted by atomic mass is 10.2. The minimum atomic E-state index is 0.249. The van der Waals surface area contributed by atoms with Crippen LogP contribution in [0.2, 0.25) is 0 Å². The molecule has 1 aromatic heterocycles. The van der Waals surface area contributed by atoms with Crippen LogP contribution in [0, 0.1) is 6.92 Å². The minimum Gasteiger partial charge on any atom is -0.368 e. The monoisotopic (exact) mass is 449 g/mol. The Labute approximate surface area is 196 Å². The Morgan fingerprint density at radius 1 is 0.788 bits per heavy atom. The smallest absolute Gasteiger partial charge is 0.236 e. The van der Waals surface area contributed by atoms with Crippen molar-refractivity contribution in [3.05, 3.63) is 42.1 Å². The summed E-state index contributed by atoms with van der Waals surface area (Å²) in [7, 11) is 0. The molecule has 0 aliphatic carbocycles. The summed E-state index contributed by atoms with van der Waals surface area (Å²) < 4.78 is 0. The molecule has 8 nitrogen and oxygen atoms in total. The van der Waals surface area contributed by atoms with Crippen LogP contribution < -0.4 is 14.7 Å². The zero-order chi connectivity index (χ0) is 22.6. The number of benzene rings is 1. The Kier molecular flexibility index (Phi) is 6.62. The van der Waals surface area contributed by atoms with Crippen LogP contribution in [0.3, 0.4) is 0 Å². The van der Waals surface area contributed by atoms with E-state index < -0.39 is 0 Å². The molecule has 1 amide bonds. The highest BCUT2D eigenvalue weighted by Gasteiger charge is 2.26. The Morgan fingerprint density at radius 3 is 2.15 bits per heavy atom. The van der Waals surface area contributed by atoms with Crippen molar-refractivity contribution in [1.29, 1.82) is 0 Å². The maximum atomic E-state index is 12.9. The van der Waals surface area contributed by atoms with Crippen LogP contribution in [0.5, 0.6) is 0 Å². The van der Waals surface area contributed by atoms with Crippen LogP contribution in [0.4, 0.5) is 17.5 Å². The van der Waals surface area contributed by atoms with Gasteiger partial charge >= 0.3 is 0 Å². The maximum absolute atomic E-state index is 12.9. The molecule has 8 heteroatoms. The molecule has 0 atom stereocenters. The third-order valence-electron chi connectivity index (χ3n) is 7.03. The van der Waals surface area contributed by atoms with Crippen molar-refractivity contribution in [2.75, 3.05) is 86.7 Å². The highest BCUT2D eigenvalue weighted by Crippen LogP contribution is 2.22. The number of rotatable bonds is 5. The molecule has 3 aliphatic heterocycles. The number of para-hydroxylation sites is 1. The van der Waals surface area contributed by atoms with E-state index in [0.29, 0.717) is 6.54 Å². The first-order valence-electron chi connectivity index (χ1n) is 12.3. The van der Waals surface area contributed by atoms with Gasteiger partial charge < -0.3 is 19.6 Å². The number of nitrogens with zero attached hydrogens (tertiary/aromatic N) is 7. The van der Waals surface area contributed by atoms with Gasteiger partial charge in [-0.3, -0.25) is 9.69 Å². The largest absolute Gasteiger partial charge is 0.368 e. The molecule has 176 valence electrons. The van der Waals surface area contributed by atoms with Gasteiger partial charge in [0.2, 0.25) is 11.9 Å². The average molecular weight is 450 g/mol. The van der Waals surface area contributed by atoms with Gasteiger partial charge in [-0.05, 0) is 31.9 Å². The molecule has 3 fully saturated rings. The summed E-state index contributed by atoms with van der Waals surface area (Å²) >= 11 is 0. The lowest BCUT2D eigenvalue weighted by Gasteiger charge is -2.38. The van der Waals surface area contributed by atoms with E-state index in [9.17, 15) is 4.79 Å². The van der Waals surface area contributed by atoms with E-state index in [1.807, 2.05) is 11.0 Å². The van der Waals surface area contributed by atoms with Crippen molar-refractivity contribution in [2.24, 2.45) is 0 Å². The van der Waals surface area contributed by atoms with Crippen LogP contribution in [-0.2, 0) is 4.79 Å². The van der Waals surface area contributed by atoms with Gasteiger partial charge in [0.05, 0.1) is 6.54 Å². The van der Waals surface area contributed by atoms with E-state index in [1.165, 1.54) is 18.5 Å². The molecule has 0 radical (unpaired) electrons. The molecule has 4 heterocycles. The number of amides is 1. The molecular formula is C25H35N7O. The summed E-state index contributed by atoms with van der Waals surface area (Å²) in [5.74, 6) is 2.14. The lowest BCUT2D eigenvalue weighted by Crippen LogP contribution is -2.54. The second-order valence-electron chi connectivity index (χ2n) is 9.33.